The molecular formula is C15H17F2N5. The third-order valence-corrected chi connectivity index (χ3v) is 3.70. The van der Waals surface area contributed by atoms with E-state index in [1.807, 2.05) is 0 Å². The van der Waals surface area contributed by atoms with Crippen LogP contribution in [0.25, 0.3) is 0 Å². The van der Waals surface area contributed by atoms with Gasteiger partial charge in [0.1, 0.15) is 0 Å². The van der Waals surface area contributed by atoms with Gasteiger partial charge < -0.3 is 10.2 Å². The number of nitrogens with zero attached hydrogens (tertiary/aromatic N) is 4. The molecule has 1 aliphatic rings. The largest absolute Gasteiger partial charge is 0.355 e. The van der Waals surface area contributed by atoms with Crippen molar-refractivity contribution in [2.45, 2.75) is 19.8 Å². The van der Waals surface area contributed by atoms with Crippen molar-refractivity contribution in [1.82, 2.24) is 15.2 Å². The van der Waals surface area contributed by atoms with Crippen molar-refractivity contribution in [1.29, 1.82) is 0 Å². The topological polar surface area (TPSA) is 53.9 Å². The van der Waals surface area contributed by atoms with Crippen LogP contribution in [-0.4, -0.2) is 28.3 Å². The van der Waals surface area contributed by atoms with Crippen LogP contribution in [0.4, 0.5) is 26.2 Å². The summed E-state index contributed by atoms with van der Waals surface area (Å²) in [5, 5.41) is 10.7. The number of piperidine rings is 1. The van der Waals surface area contributed by atoms with E-state index in [0.29, 0.717) is 11.6 Å². The summed E-state index contributed by atoms with van der Waals surface area (Å²) in [6.45, 7) is 4.08. The molecule has 5 nitrogen and oxygen atoms in total. The molecule has 1 N–H and O–H groups in total. The zero-order valence-corrected chi connectivity index (χ0v) is 12.3. The monoisotopic (exact) mass is 305 g/mol. The van der Waals surface area contributed by atoms with Crippen LogP contribution >= 0.6 is 0 Å². The molecular weight excluding hydrogens is 288 g/mol. The molecule has 1 aliphatic heterocycles. The van der Waals surface area contributed by atoms with Gasteiger partial charge >= 0.3 is 0 Å². The lowest BCUT2D eigenvalue weighted by atomic mass is 10.0. The van der Waals surface area contributed by atoms with Crippen molar-refractivity contribution in [3.8, 4) is 0 Å². The van der Waals surface area contributed by atoms with Crippen molar-refractivity contribution in [3.05, 3.63) is 36.0 Å². The molecule has 1 atom stereocenters. The minimum atomic E-state index is -0.918. The maximum Gasteiger partial charge on any atom is 0.249 e. The second-order valence-corrected chi connectivity index (χ2v) is 5.59. The highest BCUT2D eigenvalue weighted by Gasteiger charge is 2.18. The van der Waals surface area contributed by atoms with Crippen LogP contribution in [0.5, 0.6) is 0 Å². The summed E-state index contributed by atoms with van der Waals surface area (Å²) in [5.74, 6) is -0.181. The first-order valence-electron chi connectivity index (χ1n) is 7.28. The Hall–Kier alpha value is -2.31. The second kappa shape index (κ2) is 6.21. The van der Waals surface area contributed by atoms with Gasteiger partial charge in [-0.15, -0.1) is 5.10 Å². The molecule has 0 amide bonds. The fraction of sp³-hybridized carbons (Fsp3) is 0.400. The van der Waals surface area contributed by atoms with Crippen molar-refractivity contribution in [3.63, 3.8) is 0 Å². The summed E-state index contributed by atoms with van der Waals surface area (Å²) in [7, 11) is 0. The molecule has 2 aromatic rings. The molecule has 22 heavy (non-hydrogen) atoms. The lowest BCUT2D eigenvalue weighted by Crippen LogP contribution is -2.35. The van der Waals surface area contributed by atoms with E-state index in [-0.39, 0.29) is 5.95 Å². The average molecular weight is 305 g/mol. The average Bonchev–Trinajstić information content (AvgIpc) is 2.51. The van der Waals surface area contributed by atoms with E-state index in [1.165, 1.54) is 12.5 Å². The third kappa shape index (κ3) is 3.29. The van der Waals surface area contributed by atoms with E-state index in [4.69, 9.17) is 0 Å². The number of benzene rings is 1. The zero-order valence-electron chi connectivity index (χ0n) is 12.3. The number of aromatic nitrogens is 3. The van der Waals surface area contributed by atoms with Crippen LogP contribution in [0.1, 0.15) is 19.8 Å². The molecule has 1 saturated heterocycles. The fourth-order valence-electron chi connectivity index (χ4n) is 2.60. The molecule has 1 unspecified atom stereocenters. The number of hydrogen-bond donors (Lipinski definition) is 1. The predicted octanol–water partition coefficient (Wildman–Crippen LogP) is 3.13. The summed E-state index contributed by atoms with van der Waals surface area (Å²) in [5.41, 5.74) is 0.380. The van der Waals surface area contributed by atoms with Crippen LogP contribution in [0.15, 0.2) is 24.4 Å². The van der Waals surface area contributed by atoms with Crippen LogP contribution < -0.4 is 10.2 Å². The lowest BCUT2D eigenvalue weighted by molar-refractivity contribution is 0.444. The Balaban J connectivity index is 1.77. The summed E-state index contributed by atoms with van der Waals surface area (Å²) in [4.78, 5) is 6.57. The minimum Gasteiger partial charge on any atom is -0.355 e. The normalized spacial score (nSPS) is 18.3. The molecule has 2 heterocycles. The van der Waals surface area contributed by atoms with Gasteiger partial charge in [0.15, 0.2) is 17.5 Å². The van der Waals surface area contributed by atoms with Crippen molar-refractivity contribution in [2.24, 2.45) is 5.92 Å². The smallest absolute Gasteiger partial charge is 0.249 e. The quantitative estimate of drug-likeness (QED) is 0.944. The standard InChI is InChI=1S/C15H17F2N5/c1-10-3-2-6-22(9-10)14-8-18-21-15(20-14)19-11-4-5-12(16)13(17)7-11/h4-5,7-8,10H,2-3,6,9H2,1H3,(H,19,20,21). The molecule has 7 heteroatoms. The summed E-state index contributed by atoms with van der Waals surface area (Å²) >= 11 is 0. The van der Waals surface area contributed by atoms with Gasteiger partial charge in [0.05, 0.1) is 6.20 Å². The highest BCUT2D eigenvalue weighted by molar-refractivity contribution is 5.54. The first-order chi connectivity index (χ1) is 10.6. The third-order valence-electron chi connectivity index (χ3n) is 3.70. The summed E-state index contributed by atoms with van der Waals surface area (Å²) < 4.78 is 26.1. The summed E-state index contributed by atoms with van der Waals surface area (Å²) in [6, 6.07) is 3.55. The molecule has 0 aliphatic carbocycles. The Bertz CT molecular complexity index is 664. The van der Waals surface area contributed by atoms with E-state index >= 15 is 0 Å². The first kappa shape index (κ1) is 14.6. The molecule has 3 rings (SSSR count). The Morgan fingerprint density at radius 1 is 1.27 bits per heavy atom. The van der Waals surface area contributed by atoms with Crippen LogP contribution in [-0.2, 0) is 0 Å². The highest BCUT2D eigenvalue weighted by atomic mass is 19.2. The molecule has 0 radical (unpaired) electrons. The Labute approximate surface area is 127 Å². The van der Waals surface area contributed by atoms with E-state index < -0.39 is 11.6 Å². The van der Waals surface area contributed by atoms with Gasteiger partial charge in [0.25, 0.3) is 0 Å². The SMILES string of the molecule is CC1CCCN(c2cnnc(Nc3ccc(F)c(F)c3)n2)C1. The Morgan fingerprint density at radius 3 is 2.91 bits per heavy atom. The van der Waals surface area contributed by atoms with Gasteiger partial charge in [-0.3, -0.25) is 0 Å². The maximum atomic E-state index is 13.2. The fourth-order valence-corrected chi connectivity index (χ4v) is 2.60. The van der Waals surface area contributed by atoms with Crippen molar-refractivity contribution in [2.75, 3.05) is 23.3 Å². The number of hydrogen-bond acceptors (Lipinski definition) is 5. The second-order valence-electron chi connectivity index (χ2n) is 5.59. The van der Waals surface area contributed by atoms with E-state index in [9.17, 15) is 8.78 Å². The van der Waals surface area contributed by atoms with E-state index in [0.717, 1.165) is 37.5 Å². The predicted molar refractivity (Wildman–Crippen MR) is 80.1 cm³/mol. The van der Waals surface area contributed by atoms with E-state index in [1.54, 1.807) is 6.20 Å². The van der Waals surface area contributed by atoms with Crippen LogP contribution in [0, 0.1) is 17.6 Å². The van der Waals surface area contributed by atoms with Gasteiger partial charge in [0.2, 0.25) is 5.95 Å². The maximum absolute atomic E-state index is 13.2. The number of halogens is 2. The number of rotatable bonds is 3. The minimum absolute atomic E-state index is 0.265. The van der Waals surface area contributed by atoms with Crippen molar-refractivity contribution < 1.29 is 8.78 Å². The Morgan fingerprint density at radius 2 is 2.14 bits per heavy atom. The van der Waals surface area contributed by atoms with Crippen LogP contribution in [0.3, 0.4) is 0 Å². The molecule has 1 fully saturated rings. The lowest BCUT2D eigenvalue weighted by Gasteiger charge is -2.31. The van der Waals surface area contributed by atoms with Crippen molar-refractivity contribution >= 4 is 17.5 Å². The highest BCUT2D eigenvalue weighted by Crippen LogP contribution is 2.22. The van der Waals surface area contributed by atoms with Gasteiger partial charge in [-0.05, 0) is 30.9 Å². The molecule has 1 aromatic carbocycles. The first-order valence-corrected chi connectivity index (χ1v) is 7.28. The zero-order chi connectivity index (χ0) is 15.5. The Kier molecular flexibility index (Phi) is 4.13. The molecule has 116 valence electrons. The number of nitrogens with one attached hydrogen (secondary N) is 1. The van der Waals surface area contributed by atoms with E-state index in [2.05, 4.69) is 32.3 Å². The van der Waals surface area contributed by atoms with Gasteiger partial charge in [0, 0.05) is 24.8 Å². The molecule has 0 bridgehead atoms. The molecule has 0 saturated carbocycles. The van der Waals surface area contributed by atoms with Crippen LogP contribution in [0.2, 0.25) is 0 Å². The molecule has 0 spiro atoms. The number of anilines is 3. The molecule has 1 aromatic heterocycles. The van der Waals surface area contributed by atoms with Gasteiger partial charge in [-0.25, -0.2) is 8.78 Å². The summed E-state index contributed by atoms with van der Waals surface area (Å²) in [6.07, 6.45) is 3.96. The van der Waals surface area contributed by atoms with Gasteiger partial charge in [-0.1, -0.05) is 6.92 Å². The van der Waals surface area contributed by atoms with Gasteiger partial charge in [-0.2, -0.15) is 10.1 Å².